The minimum atomic E-state index is -1.01. The fraction of sp³-hybridized carbons (Fsp3) is 0.312. The number of benzene rings is 1. The van der Waals surface area contributed by atoms with Crippen LogP contribution in [0.5, 0.6) is 0 Å². The van der Waals surface area contributed by atoms with Crippen LogP contribution < -0.4 is 11.1 Å². The van der Waals surface area contributed by atoms with Gasteiger partial charge in [0.05, 0.1) is 5.56 Å². The van der Waals surface area contributed by atoms with E-state index in [9.17, 15) is 9.90 Å². The summed E-state index contributed by atoms with van der Waals surface area (Å²) in [5.41, 5.74) is 9.06. The Morgan fingerprint density at radius 3 is 2.48 bits per heavy atom. The Morgan fingerprint density at radius 2 is 1.95 bits per heavy atom. The number of thiophene rings is 1. The fourth-order valence-corrected chi connectivity index (χ4v) is 3.49. The van der Waals surface area contributed by atoms with E-state index in [2.05, 4.69) is 32.2 Å². The maximum atomic E-state index is 11.2. The van der Waals surface area contributed by atoms with Crippen molar-refractivity contribution in [2.24, 2.45) is 0 Å². The Balaban J connectivity index is 2.31. The number of anilines is 2. The SMILES string of the molecule is Cc1cc(C(C)Nc2cc(C)c(N)c(C(=O)O)c2)c(C)s1. The molecule has 0 spiro atoms. The molecule has 1 unspecified atom stereocenters. The summed E-state index contributed by atoms with van der Waals surface area (Å²) in [6, 6.07) is 5.75. The van der Waals surface area contributed by atoms with Gasteiger partial charge in [-0.05, 0) is 57.0 Å². The zero-order chi connectivity index (χ0) is 15.7. The van der Waals surface area contributed by atoms with Gasteiger partial charge in [-0.15, -0.1) is 11.3 Å². The fourth-order valence-electron chi connectivity index (χ4n) is 2.47. The van der Waals surface area contributed by atoms with Gasteiger partial charge in [-0.2, -0.15) is 0 Å². The average molecular weight is 304 g/mol. The number of nitrogen functional groups attached to an aromatic ring is 1. The van der Waals surface area contributed by atoms with E-state index in [1.807, 2.05) is 13.0 Å². The molecule has 0 aliphatic rings. The summed E-state index contributed by atoms with van der Waals surface area (Å²) in [6.45, 7) is 8.07. The van der Waals surface area contributed by atoms with Gasteiger partial charge in [-0.25, -0.2) is 4.79 Å². The van der Waals surface area contributed by atoms with Crippen molar-refractivity contribution in [3.63, 3.8) is 0 Å². The number of carboxylic acids is 1. The van der Waals surface area contributed by atoms with Crippen molar-refractivity contribution in [3.05, 3.63) is 44.6 Å². The van der Waals surface area contributed by atoms with Crippen molar-refractivity contribution >= 4 is 28.7 Å². The summed E-state index contributed by atoms with van der Waals surface area (Å²) in [5, 5.41) is 12.6. The molecular formula is C16H20N2O2S. The highest BCUT2D eigenvalue weighted by molar-refractivity contribution is 7.12. The molecule has 0 bridgehead atoms. The van der Waals surface area contributed by atoms with Gasteiger partial charge < -0.3 is 16.2 Å². The van der Waals surface area contributed by atoms with Crippen molar-refractivity contribution in [1.82, 2.24) is 0 Å². The molecule has 1 aromatic heterocycles. The predicted molar refractivity (Wildman–Crippen MR) is 88.4 cm³/mol. The maximum absolute atomic E-state index is 11.2. The lowest BCUT2D eigenvalue weighted by Crippen LogP contribution is -2.10. The molecule has 0 aliphatic carbocycles. The molecule has 1 aromatic carbocycles. The van der Waals surface area contributed by atoms with Crippen molar-refractivity contribution in [1.29, 1.82) is 0 Å². The molecule has 0 aliphatic heterocycles. The predicted octanol–water partition coefficient (Wildman–Crippen LogP) is 4.13. The number of nitrogens with two attached hydrogens (primary N) is 1. The Morgan fingerprint density at radius 1 is 1.29 bits per heavy atom. The molecule has 0 amide bonds. The molecule has 21 heavy (non-hydrogen) atoms. The van der Waals surface area contributed by atoms with Crippen molar-refractivity contribution in [3.8, 4) is 0 Å². The lowest BCUT2D eigenvalue weighted by Gasteiger charge is -2.17. The third-order valence-corrected chi connectivity index (χ3v) is 4.53. The van der Waals surface area contributed by atoms with Gasteiger partial charge in [0.1, 0.15) is 0 Å². The second kappa shape index (κ2) is 5.77. The monoisotopic (exact) mass is 304 g/mol. The Bertz CT molecular complexity index is 692. The van der Waals surface area contributed by atoms with Crippen LogP contribution in [0.25, 0.3) is 0 Å². The van der Waals surface area contributed by atoms with Crippen LogP contribution in [-0.4, -0.2) is 11.1 Å². The third-order valence-electron chi connectivity index (χ3n) is 3.55. The van der Waals surface area contributed by atoms with Crippen molar-refractivity contribution < 1.29 is 9.90 Å². The lowest BCUT2D eigenvalue weighted by atomic mass is 10.0. The van der Waals surface area contributed by atoms with Gasteiger partial charge in [0.2, 0.25) is 0 Å². The molecule has 1 heterocycles. The van der Waals surface area contributed by atoms with Gasteiger partial charge >= 0.3 is 5.97 Å². The highest BCUT2D eigenvalue weighted by Gasteiger charge is 2.15. The molecule has 0 saturated carbocycles. The van der Waals surface area contributed by atoms with E-state index in [1.165, 1.54) is 15.3 Å². The highest BCUT2D eigenvalue weighted by atomic mass is 32.1. The highest BCUT2D eigenvalue weighted by Crippen LogP contribution is 2.30. The van der Waals surface area contributed by atoms with E-state index < -0.39 is 5.97 Å². The summed E-state index contributed by atoms with van der Waals surface area (Å²) in [5.74, 6) is -1.01. The minimum Gasteiger partial charge on any atom is -0.478 e. The van der Waals surface area contributed by atoms with Gasteiger partial charge in [0.15, 0.2) is 0 Å². The smallest absolute Gasteiger partial charge is 0.337 e. The van der Waals surface area contributed by atoms with Crippen LogP contribution in [0, 0.1) is 20.8 Å². The standard InChI is InChI=1S/C16H20N2O2S/c1-8-5-12(7-14(15(8)17)16(19)20)18-10(3)13-6-9(2)21-11(13)4/h5-7,10,18H,17H2,1-4H3,(H,19,20). The molecule has 5 heteroatoms. The number of nitrogens with one attached hydrogen (secondary N) is 1. The van der Waals surface area contributed by atoms with Crippen molar-refractivity contribution in [2.45, 2.75) is 33.7 Å². The number of aryl methyl sites for hydroxylation is 3. The Kier molecular flexibility index (Phi) is 4.23. The summed E-state index contributed by atoms with van der Waals surface area (Å²) in [4.78, 5) is 13.8. The van der Waals surface area contributed by atoms with E-state index in [1.54, 1.807) is 17.4 Å². The van der Waals surface area contributed by atoms with Crippen molar-refractivity contribution in [2.75, 3.05) is 11.1 Å². The molecule has 4 nitrogen and oxygen atoms in total. The first-order valence-electron chi connectivity index (χ1n) is 6.76. The van der Waals surface area contributed by atoms with E-state index in [0.717, 1.165) is 11.3 Å². The van der Waals surface area contributed by atoms with Crippen LogP contribution in [0.4, 0.5) is 11.4 Å². The van der Waals surface area contributed by atoms with Crippen LogP contribution in [0.1, 0.15) is 44.2 Å². The Hall–Kier alpha value is -2.01. The molecule has 0 radical (unpaired) electrons. The molecule has 0 saturated heterocycles. The third kappa shape index (κ3) is 3.19. The van der Waals surface area contributed by atoms with Gasteiger partial charge in [-0.1, -0.05) is 0 Å². The number of carboxylic acid groups (broad SMARTS) is 1. The van der Waals surface area contributed by atoms with Crippen LogP contribution in [-0.2, 0) is 0 Å². The van der Waals surface area contributed by atoms with Gasteiger partial charge in [0.25, 0.3) is 0 Å². The second-order valence-electron chi connectivity index (χ2n) is 5.29. The first-order chi connectivity index (χ1) is 9.79. The lowest BCUT2D eigenvalue weighted by molar-refractivity contribution is 0.0698. The largest absolute Gasteiger partial charge is 0.478 e. The first-order valence-corrected chi connectivity index (χ1v) is 7.58. The van der Waals surface area contributed by atoms with Crippen LogP contribution in [0.3, 0.4) is 0 Å². The number of aromatic carboxylic acids is 1. The van der Waals surface area contributed by atoms with E-state index >= 15 is 0 Å². The molecular weight excluding hydrogens is 284 g/mol. The zero-order valence-corrected chi connectivity index (χ0v) is 13.5. The number of carbonyl (C=O) groups is 1. The quantitative estimate of drug-likeness (QED) is 0.742. The molecule has 0 fully saturated rings. The summed E-state index contributed by atoms with van der Waals surface area (Å²) in [6.07, 6.45) is 0. The van der Waals surface area contributed by atoms with Crippen LogP contribution >= 0.6 is 11.3 Å². The maximum Gasteiger partial charge on any atom is 0.337 e. The normalized spacial score (nSPS) is 12.2. The minimum absolute atomic E-state index is 0.111. The number of hydrogen-bond donors (Lipinski definition) is 3. The van der Waals surface area contributed by atoms with Crippen LogP contribution in [0.2, 0.25) is 0 Å². The zero-order valence-electron chi connectivity index (χ0n) is 12.7. The second-order valence-corrected chi connectivity index (χ2v) is 6.75. The number of hydrogen-bond acceptors (Lipinski definition) is 4. The van der Waals surface area contributed by atoms with Gasteiger partial charge in [0, 0.05) is 27.2 Å². The number of rotatable bonds is 4. The molecule has 2 rings (SSSR count). The van der Waals surface area contributed by atoms with E-state index in [-0.39, 0.29) is 11.6 Å². The van der Waals surface area contributed by atoms with E-state index in [0.29, 0.717) is 5.69 Å². The Labute approximate surface area is 128 Å². The van der Waals surface area contributed by atoms with Gasteiger partial charge in [-0.3, -0.25) is 0 Å². The molecule has 112 valence electrons. The van der Waals surface area contributed by atoms with E-state index in [4.69, 9.17) is 5.73 Å². The molecule has 1 atom stereocenters. The topological polar surface area (TPSA) is 75.3 Å². The molecule has 4 N–H and O–H groups in total. The molecule has 2 aromatic rings. The first kappa shape index (κ1) is 15.4. The average Bonchev–Trinajstić information content (AvgIpc) is 2.72. The summed E-state index contributed by atoms with van der Waals surface area (Å²) < 4.78 is 0. The van der Waals surface area contributed by atoms with Crippen LogP contribution in [0.15, 0.2) is 18.2 Å². The summed E-state index contributed by atoms with van der Waals surface area (Å²) in [7, 11) is 0. The summed E-state index contributed by atoms with van der Waals surface area (Å²) >= 11 is 1.77.